The van der Waals surface area contributed by atoms with Gasteiger partial charge in [0.1, 0.15) is 11.4 Å². The smallest absolute Gasteiger partial charge is 0.256 e. The summed E-state index contributed by atoms with van der Waals surface area (Å²) < 4.78 is 0. The van der Waals surface area contributed by atoms with Crippen molar-refractivity contribution in [2.24, 2.45) is 0 Å². The highest BCUT2D eigenvalue weighted by molar-refractivity contribution is 7.98. The zero-order valence-corrected chi connectivity index (χ0v) is 15.5. The summed E-state index contributed by atoms with van der Waals surface area (Å²) in [6.45, 7) is 0.395. The van der Waals surface area contributed by atoms with E-state index in [-0.39, 0.29) is 18.1 Å². The van der Waals surface area contributed by atoms with Crippen LogP contribution in [-0.4, -0.2) is 44.4 Å². The lowest BCUT2D eigenvalue weighted by atomic mass is 9.93. The average molecular weight is 373 g/mol. The van der Waals surface area contributed by atoms with Crippen LogP contribution in [0.1, 0.15) is 41.6 Å². The largest absolute Gasteiger partial charge is 0.393 e. The molecule has 0 spiro atoms. The summed E-state index contributed by atoms with van der Waals surface area (Å²) in [6.07, 6.45) is 9.91. The molecular formula is C18H23N5O2S. The predicted octanol–water partition coefficient (Wildman–Crippen LogP) is 2.24. The molecule has 0 bridgehead atoms. The third kappa shape index (κ3) is 4.92. The number of aliphatic hydroxyl groups excluding tert-OH is 1. The van der Waals surface area contributed by atoms with E-state index in [0.717, 1.165) is 31.2 Å². The number of aliphatic hydroxyl groups is 1. The van der Waals surface area contributed by atoms with E-state index in [1.165, 1.54) is 11.8 Å². The summed E-state index contributed by atoms with van der Waals surface area (Å²) in [5, 5.41) is 16.6. The number of anilines is 1. The van der Waals surface area contributed by atoms with E-state index in [0.29, 0.717) is 23.1 Å². The Morgan fingerprint density at radius 1 is 1.31 bits per heavy atom. The number of rotatable bonds is 6. The van der Waals surface area contributed by atoms with Gasteiger partial charge in [0.15, 0.2) is 5.16 Å². The van der Waals surface area contributed by atoms with E-state index in [2.05, 4.69) is 25.6 Å². The molecule has 2 heterocycles. The van der Waals surface area contributed by atoms with Crippen LogP contribution in [0.2, 0.25) is 0 Å². The first kappa shape index (κ1) is 18.6. The Bertz CT molecular complexity index is 736. The topological polar surface area (TPSA) is 100 Å². The standard InChI is InChI=1S/C18H23N5O2S/c1-26-18-21-11-15(17(25)20-10-12-3-2-8-19-9-12)16(23-18)22-13-4-6-14(24)7-5-13/h2-3,8-9,11,13-14,24H,4-7,10H2,1H3,(H,20,25)(H,21,22,23). The van der Waals surface area contributed by atoms with Gasteiger partial charge >= 0.3 is 0 Å². The molecule has 2 aromatic rings. The SMILES string of the molecule is CSc1ncc(C(=O)NCc2cccnc2)c(NC2CCC(O)CC2)n1. The fourth-order valence-electron chi connectivity index (χ4n) is 2.93. The highest BCUT2D eigenvalue weighted by atomic mass is 32.2. The number of amides is 1. The van der Waals surface area contributed by atoms with E-state index < -0.39 is 0 Å². The lowest BCUT2D eigenvalue weighted by molar-refractivity contribution is 0.0950. The Morgan fingerprint density at radius 2 is 2.12 bits per heavy atom. The van der Waals surface area contributed by atoms with Gasteiger partial charge in [-0.15, -0.1) is 0 Å². The molecule has 0 radical (unpaired) electrons. The third-order valence-electron chi connectivity index (χ3n) is 4.41. The number of aromatic nitrogens is 3. The lowest BCUT2D eigenvalue weighted by Gasteiger charge is -2.27. The van der Waals surface area contributed by atoms with Crippen LogP contribution >= 0.6 is 11.8 Å². The highest BCUT2D eigenvalue weighted by Crippen LogP contribution is 2.24. The zero-order chi connectivity index (χ0) is 18.4. The molecule has 0 saturated heterocycles. The quantitative estimate of drug-likeness (QED) is 0.527. The van der Waals surface area contributed by atoms with Crippen LogP contribution in [0.5, 0.6) is 0 Å². The van der Waals surface area contributed by atoms with Gasteiger partial charge in [-0.05, 0) is 43.6 Å². The monoisotopic (exact) mass is 373 g/mol. The van der Waals surface area contributed by atoms with E-state index >= 15 is 0 Å². The Balaban J connectivity index is 1.71. The Kier molecular flexibility index (Phi) is 6.40. The number of nitrogens with one attached hydrogen (secondary N) is 2. The van der Waals surface area contributed by atoms with E-state index in [4.69, 9.17) is 0 Å². The number of thioether (sulfide) groups is 1. The number of nitrogens with zero attached hydrogens (tertiary/aromatic N) is 3. The van der Waals surface area contributed by atoms with Gasteiger partial charge in [-0.25, -0.2) is 9.97 Å². The molecule has 0 aliphatic heterocycles. The number of carbonyl (C=O) groups excluding carboxylic acids is 1. The van der Waals surface area contributed by atoms with Crippen molar-refractivity contribution in [3.8, 4) is 0 Å². The van der Waals surface area contributed by atoms with Crippen LogP contribution in [0.15, 0.2) is 35.9 Å². The third-order valence-corrected chi connectivity index (χ3v) is 4.97. The molecule has 1 aliphatic rings. The van der Waals surface area contributed by atoms with Crippen LogP contribution in [0, 0.1) is 0 Å². The molecule has 8 heteroatoms. The molecular weight excluding hydrogens is 350 g/mol. The first-order chi connectivity index (χ1) is 12.7. The molecule has 0 atom stereocenters. The second-order valence-electron chi connectivity index (χ2n) is 6.31. The summed E-state index contributed by atoms with van der Waals surface area (Å²) in [7, 11) is 0. The Morgan fingerprint density at radius 3 is 2.81 bits per heavy atom. The van der Waals surface area contributed by atoms with Gasteiger partial charge in [-0.2, -0.15) is 0 Å². The van der Waals surface area contributed by atoms with Crippen LogP contribution in [0.3, 0.4) is 0 Å². The number of hydrogen-bond donors (Lipinski definition) is 3. The minimum absolute atomic E-state index is 0.202. The maximum absolute atomic E-state index is 12.6. The van der Waals surface area contributed by atoms with Crippen molar-refractivity contribution in [3.63, 3.8) is 0 Å². The minimum Gasteiger partial charge on any atom is -0.393 e. The molecule has 2 aromatic heterocycles. The molecule has 1 fully saturated rings. The van der Waals surface area contributed by atoms with Crippen molar-refractivity contribution in [1.82, 2.24) is 20.3 Å². The first-order valence-corrected chi connectivity index (χ1v) is 9.91. The summed E-state index contributed by atoms with van der Waals surface area (Å²) in [5.74, 6) is 0.328. The molecule has 7 nitrogen and oxygen atoms in total. The molecule has 1 amide bonds. The van der Waals surface area contributed by atoms with Gasteiger partial charge in [0.2, 0.25) is 0 Å². The summed E-state index contributed by atoms with van der Waals surface area (Å²) >= 11 is 1.43. The van der Waals surface area contributed by atoms with Crippen LogP contribution in [0.25, 0.3) is 0 Å². The maximum atomic E-state index is 12.6. The highest BCUT2D eigenvalue weighted by Gasteiger charge is 2.22. The minimum atomic E-state index is -0.222. The van der Waals surface area contributed by atoms with Crippen LogP contribution in [-0.2, 0) is 6.54 Å². The van der Waals surface area contributed by atoms with Gasteiger partial charge in [-0.1, -0.05) is 17.8 Å². The fraction of sp³-hybridized carbons (Fsp3) is 0.444. The number of hydrogen-bond acceptors (Lipinski definition) is 7. The van der Waals surface area contributed by atoms with Gasteiger partial charge in [0.05, 0.1) is 6.10 Å². The molecule has 0 unspecified atom stereocenters. The average Bonchev–Trinajstić information content (AvgIpc) is 2.68. The van der Waals surface area contributed by atoms with Crippen molar-refractivity contribution >= 4 is 23.5 Å². The molecule has 26 heavy (non-hydrogen) atoms. The van der Waals surface area contributed by atoms with Crippen molar-refractivity contribution < 1.29 is 9.90 Å². The summed E-state index contributed by atoms with van der Waals surface area (Å²) in [5.41, 5.74) is 1.36. The Hall–Kier alpha value is -2.19. The molecule has 3 N–H and O–H groups in total. The van der Waals surface area contributed by atoms with Crippen molar-refractivity contribution in [3.05, 3.63) is 41.9 Å². The molecule has 3 rings (SSSR count). The normalized spacial score (nSPS) is 19.8. The maximum Gasteiger partial charge on any atom is 0.256 e. The Labute approximate surface area is 157 Å². The summed E-state index contributed by atoms with van der Waals surface area (Å²) in [6, 6.07) is 3.95. The van der Waals surface area contributed by atoms with Crippen molar-refractivity contribution in [2.45, 2.75) is 49.5 Å². The molecule has 1 saturated carbocycles. The molecule has 1 aliphatic carbocycles. The van der Waals surface area contributed by atoms with Gasteiger partial charge in [-0.3, -0.25) is 9.78 Å². The zero-order valence-electron chi connectivity index (χ0n) is 14.7. The van der Waals surface area contributed by atoms with E-state index in [9.17, 15) is 9.90 Å². The summed E-state index contributed by atoms with van der Waals surface area (Å²) in [4.78, 5) is 25.4. The van der Waals surface area contributed by atoms with Gasteiger partial charge in [0, 0.05) is 31.2 Å². The van der Waals surface area contributed by atoms with Crippen LogP contribution in [0.4, 0.5) is 5.82 Å². The van der Waals surface area contributed by atoms with Crippen molar-refractivity contribution in [2.75, 3.05) is 11.6 Å². The van der Waals surface area contributed by atoms with Crippen molar-refractivity contribution in [1.29, 1.82) is 0 Å². The first-order valence-electron chi connectivity index (χ1n) is 8.68. The van der Waals surface area contributed by atoms with Crippen LogP contribution < -0.4 is 10.6 Å². The lowest BCUT2D eigenvalue weighted by Crippen LogP contribution is -2.31. The van der Waals surface area contributed by atoms with Gasteiger partial charge in [0.25, 0.3) is 5.91 Å². The van der Waals surface area contributed by atoms with Gasteiger partial charge < -0.3 is 15.7 Å². The van der Waals surface area contributed by atoms with E-state index in [1.54, 1.807) is 18.6 Å². The number of carbonyl (C=O) groups is 1. The second-order valence-corrected chi connectivity index (χ2v) is 7.09. The second kappa shape index (κ2) is 8.95. The fourth-order valence-corrected chi connectivity index (χ4v) is 3.27. The predicted molar refractivity (Wildman–Crippen MR) is 101 cm³/mol. The number of pyridine rings is 1. The molecule has 138 valence electrons. The van der Waals surface area contributed by atoms with E-state index in [1.807, 2.05) is 18.4 Å². The molecule has 0 aromatic carbocycles.